The molecule has 1 aliphatic carbocycles. The molecule has 0 radical (unpaired) electrons. The molecule has 7 heteroatoms. The summed E-state index contributed by atoms with van der Waals surface area (Å²) in [6.07, 6.45) is 14.7. The number of Topliss-reactive ketones (excluding diaryl/α,β-unsaturated/α-hetero) is 1. The third kappa shape index (κ3) is 11.1. The molecular formula is C36H63NO5Si. The number of ketones is 1. The first-order valence-corrected chi connectivity index (χ1v) is 19.7. The standard InChI is InChI=1S/C36H63NO5Si/c1-12-13-16-20-28(41-37-35(5,6)25-19-26-36(37,7)8)23-24-30-29(21-17-14-15-18-22-33(39)40-9)31(38)27-32(30)42-43(10,11)34(2,3)4/h23-24,28-30,32H,12-13,15-16,18-22,25-27H2,1-11H3/b24-23+/t28-,29-,30+,32+/m0/s1. The smallest absolute Gasteiger partial charge is 0.305 e. The molecule has 0 unspecified atom stereocenters. The summed E-state index contributed by atoms with van der Waals surface area (Å²) in [7, 11) is -0.689. The molecule has 2 rings (SSSR count). The maximum absolute atomic E-state index is 13.5. The van der Waals surface area contributed by atoms with E-state index < -0.39 is 8.32 Å². The molecule has 4 atom stereocenters. The number of hydrogen-bond donors (Lipinski definition) is 0. The van der Waals surface area contributed by atoms with Crippen LogP contribution < -0.4 is 0 Å². The average molecular weight is 618 g/mol. The van der Waals surface area contributed by atoms with Crippen LogP contribution in [-0.4, -0.2) is 55.5 Å². The van der Waals surface area contributed by atoms with Crippen LogP contribution in [0.4, 0.5) is 0 Å². The summed E-state index contributed by atoms with van der Waals surface area (Å²) in [4.78, 5) is 31.8. The Morgan fingerprint density at radius 1 is 1.09 bits per heavy atom. The molecule has 2 fully saturated rings. The van der Waals surface area contributed by atoms with Crippen molar-refractivity contribution < 1.29 is 23.6 Å². The molecule has 1 saturated heterocycles. The van der Waals surface area contributed by atoms with Crippen LogP contribution in [0.3, 0.4) is 0 Å². The summed E-state index contributed by atoms with van der Waals surface area (Å²) in [6.45, 7) is 22.7. The van der Waals surface area contributed by atoms with Gasteiger partial charge < -0.3 is 9.16 Å². The van der Waals surface area contributed by atoms with E-state index in [1.165, 1.54) is 20.0 Å². The Balaban J connectivity index is 2.33. The van der Waals surface area contributed by atoms with E-state index in [2.05, 4.69) is 97.5 Å². The lowest BCUT2D eigenvalue weighted by Crippen LogP contribution is -2.59. The number of carbonyl (C=O) groups excluding carboxylic acids is 2. The normalized spacial score (nSPS) is 25.0. The average Bonchev–Trinajstić information content (AvgIpc) is 3.17. The third-order valence-electron chi connectivity index (χ3n) is 9.88. The maximum Gasteiger partial charge on any atom is 0.305 e. The summed E-state index contributed by atoms with van der Waals surface area (Å²) in [6, 6.07) is 0. The first-order valence-electron chi connectivity index (χ1n) is 16.8. The van der Waals surface area contributed by atoms with Crippen LogP contribution in [0.2, 0.25) is 18.1 Å². The summed E-state index contributed by atoms with van der Waals surface area (Å²) < 4.78 is 11.6. The van der Waals surface area contributed by atoms with Crippen molar-refractivity contribution in [1.82, 2.24) is 5.06 Å². The van der Waals surface area contributed by atoms with Gasteiger partial charge in [0.25, 0.3) is 0 Å². The lowest BCUT2D eigenvalue weighted by atomic mass is 9.82. The number of unbranched alkanes of at least 4 members (excludes halogenated alkanes) is 3. The minimum atomic E-state index is -2.10. The van der Waals surface area contributed by atoms with Crippen molar-refractivity contribution in [2.24, 2.45) is 11.8 Å². The number of nitrogens with zero attached hydrogens (tertiary/aromatic N) is 1. The van der Waals surface area contributed by atoms with Crippen LogP contribution in [0.1, 0.15) is 132 Å². The monoisotopic (exact) mass is 617 g/mol. The Morgan fingerprint density at radius 3 is 2.33 bits per heavy atom. The minimum Gasteiger partial charge on any atom is -0.469 e. The molecule has 6 nitrogen and oxygen atoms in total. The number of piperidine rings is 1. The largest absolute Gasteiger partial charge is 0.469 e. The van der Waals surface area contributed by atoms with Crippen molar-refractivity contribution in [3.05, 3.63) is 12.2 Å². The zero-order chi connectivity index (χ0) is 32.5. The Morgan fingerprint density at radius 2 is 1.74 bits per heavy atom. The highest BCUT2D eigenvalue weighted by molar-refractivity contribution is 6.74. The van der Waals surface area contributed by atoms with Crippen molar-refractivity contribution in [2.75, 3.05) is 7.11 Å². The summed E-state index contributed by atoms with van der Waals surface area (Å²) in [5, 5.41) is 2.32. The minimum absolute atomic E-state index is 0.0364. The molecule has 0 N–H and O–H groups in total. The van der Waals surface area contributed by atoms with Gasteiger partial charge in [-0.3, -0.25) is 14.4 Å². The molecule has 1 saturated carbocycles. The van der Waals surface area contributed by atoms with Gasteiger partial charge >= 0.3 is 5.97 Å². The highest BCUT2D eigenvalue weighted by Gasteiger charge is 2.47. The topological polar surface area (TPSA) is 65.1 Å². The van der Waals surface area contributed by atoms with E-state index >= 15 is 0 Å². The van der Waals surface area contributed by atoms with Crippen LogP contribution in [0.5, 0.6) is 0 Å². The summed E-state index contributed by atoms with van der Waals surface area (Å²) in [5.41, 5.74) is -0.0796. The molecule has 2 aliphatic rings. The van der Waals surface area contributed by atoms with Gasteiger partial charge in [-0.1, -0.05) is 59.1 Å². The number of rotatable bonds is 14. The number of hydroxylamine groups is 2. The molecule has 43 heavy (non-hydrogen) atoms. The molecule has 0 bridgehead atoms. The first kappa shape index (κ1) is 37.7. The van der Waals surface area contributed by atoms with E-state index in [-0.39, 0.29) is 51.9 Å². The molecule has 0 spiro atoms. The highest BCUT2D eigenvalue weighted by atomic mass is 28.4. The Kier molecular flexibility index (Phi) is 14.2. The van der Waals surface area contributed by atoms with Gasteiger partial charge in [-0.2, -0.15) is 5.06 Å². The molecule has 1 heterocycles. The Labute approximate surface area is 265 Å². The zero-order valence-corrected chi connectivity index (χ0v) is 30.4. The van der Waals surface area contributed by atoms with Crippen molar-refractivity contribution in [3.63, 3.8) is 0 Å². The van der Waals surface area contributed by atoms with E-state index in [0.29, 0.717) is 32.1 Å². The van der Waals surface area contributed by atoms with Crippen LogP contribution in [-0.2, 0) is 23.6 Å². The lowest BCUT2D eigenvalue weighted by molar-refractivity contribution is -0.297. The van der Waals surface area contributed by atoms with Crippen molar-refractivity contribution >= 4 is 20.1 Å². The van der Waals surface area contributed by atoms with E-state index in [1.807, 2.05) is 0 Å². The lowest BCUT2D eigenvalue weighted by Gasteiger charge is -2.52. The summed E-state index contributed by atoms with van der Waals surface area (Å²) >= 11 is 0. The van der Waals surface area contributed by atoms with Gasteiger partial charge in [0.05, 0.1) is 19.3 Å². The molecule has 0 aromatic rings. The Bertz CT molecular complexity index is 983. The first-order chi connectivity index (χ1) is 19.9. The van der Waals surface area contributed by atoms with Gasteiger partial charge in [0.15, 0.2) is 8.32 Å². The van der Waals surface area contributed by atoms with Gasteiger partial charge in [0.1, 0.15) is 5.78 Å². The van der Waals surface area contributed by atoms with Crippen LogP contribution in [0.15, 0.2) is 12.2 Å². The van der Waals surface area contributed by atoms with Crippen LogP contribution >= 0.6 is 0 Å². The van der Waals surface area contributed by atoms with E-state index in [4.69, 9.17) is 14.0 Å². The van der Waals surface area contributed by atoms with Gasteiger partial charge in [-0.05, 0) is 77.9 Å². The van der Waals surface area contributed by atoms with Crippen molar-refractivity contribution in [1.29, 1.82) is 0 Å². The van der Waals surface area contributed by atoms with Gasteiger partial charge in [0, 0.05) is 48.6 Å². The number of esters is 1. The summed E-state index contributed by atoms with van der Waals surface area (Å²) in [5.74, 6) is 6.26. The van der Waals surface area contributed by atoms with E-state index in [9.17, 15) is 9.59 Å². The molecule has 0 amide bonds. The number of carbonyl (C=O) groups is 2. The predicted octanol–water partition coefficient (Wildman–Crippen LogP) is 8.80. The second-order valence-corrected chi connectivity index (χ2v) is 20.3. The van der Waals surface area contributed by atoms with Crippen molar-refractivity contribution in [2.45, 2.75) is 174 Å². The highest BCUT2D eigenvalue weighted by Crippen LogP contribution is 2.43. The SMILES string of the molecule is CCCCC[C@@H](/C=C/[C@@H]1[C@H](CC#CCCCC(=O)OC)C(=O)C[C@H]1O[Si](C)(C)C(C)(C)C)ON1C(C)(C)CCCC1(C)C. The quantitative estimate of drug-likeness (QED) is 0.0638. The third-order valence-corrected chi connectivity index (χ3v) is 14.4. The molecule has 0 aromatic carbocycles. The van der Waals surface area contributed by atoms with Gasteiger partial charge in [0.2, 0.25) is 0 Å². The van der Waals surface area contributed by atoms with Gasteiger partial charge in [-0.15, -0.1) is 11.8 Å². The Hall–Kier alpha value is -1.46. The van der Waals surface area contributed by atoms with Crippen LogP contribution in [0.25, 0.3) is 0 Å². The molecule has 1 aliphatic heterocycles. The molecule has 0 aromatic heterocycles. The van der Waals surface area contributed by atoms with E-state index in [1.54, 1.807) is 0 Å². The maximum atomic E-state index is 13.5. The fourth-order valence-corrected chi connectivity index (χ4v) is 7.62. The van der Waals surface area contributed by atoms with Crippen LogP contribution in [0, 0.1) is 23.7 Å². The fourth-order valence-electron chi connectivity index (χ4n) is 6.27. The predicted molar refractivity (Wildman–Crippen MR) is 179 cm³/mol. The molecule has 246 valence electrons. The zero-order valence-electron chi connectivity index (χ0n) is 29.4. The second kappa shape index (κ2) is 16.2. The fraction of sp³-hybridized carbons (Fsp3) is 0.833. The number of ether oxygens (including phenoxy) is 1. The van der Waals surface area contributed by atoms with E-state index in [0.717, 1.165) is 32.1 Å². The molecular weight excluding hydrogens is 554 g/mol. The second-order valence-electron chi connectivity index (χ2n) is 15.6. The number of hydrogen-bond acceptors (Lipinski definition) is 6. The van der Waals surface area contributed by atoms with Gasteiger partial charge in [-0.25, -0.2) is 0 Å². The van der Waals surface area contributed by atoms with Crippen molar-refractivity contribution in [3.8, 4) is 11.8 Å². The number of methoxy groups -OCH3 is 1.